The molecule has 0 N–H and O–H groups in total. The summed E-state index contributed by atoms with van der Waals surface area (Å²) in [5, 5.41) is 0.725. The minimum atomic E-state index is -4.63. The number of alkyl halides is 3. The van der Waals surface area contributed by atoms with E-state index in [1.54, 1.807) is 29.8 Å². The number of nitrogens with zero attached hydrogens (tertiary/aromatic N) is 4. The SMILES string of the molecule is Cn1cnc2c(=O)n(-c3cccc(Cl)c3)c3nc(C(F)(F)F)ccc3c21. The highest BCUT2D eigenvalue weighted by atomic mass is 35.5. The normalized spacial score (nSPS) is 12.2. The molecule has 3 aromatic heterocycles. The molecular weight excluding hydrogens is 369 g/mol. The summed E-state index contributed by atoms with van der Waals surface area (Å²) in [4.78, 5) is 20.8. The number of benzene rings is 1. The highest BCUT2D eigenvalue weighted by Crippen LogP contribution is 2.31. The first-order chi connectivity index (χ1) is 12.3. The van der Waals surface area contributed by atoms with Crippen LogP contribution in [0.3, 0.4) is 0 Å². The van der Waals surface area contributed by atoms with Crippen molar-refractivity contribution in [2.75, 3.05) is 0 Å². The highest BCUT2D eigenvalue weighted by Gasteiger charge is 2.33. The van der Waals surface area contributed by atoms with Gasteiger partial charge in [-0.3, -0.25) is 9.36 Å². The van der Waals surface area contributed by atoms with Crippen LogP contribution in [0, 0.1) is 0 Å². The van der Waals surface area contributed by atoms with Crippen LogP contribution >= 0.6 is 11.6 Å². The van der Waals surface area contributed by atoms with Crippen molar-refractivity contribution < 1.29 is 13.2 Å². The fourth-order valence-corrected chi connectivity index (χ4v) is 3.11. The Hall–Kier alpha value is -2.87. The zero-order chi connectivity index (χ0) is 18.6. The highest BCUT2D eigenvalue weighted by molar-refractivity contribution is 6.30. The van der Waals surface area contributed by atoms with Gasteiger partial charge < -0.3 is 4.57 Å². The van der Waals surface area contributed by atoms with Crippen LogP contribution in [0.25, 0.3) is 27.8 Å². The van der Waals surface area contributed by atoms with Gasteiger partial charge in [-0.2, -0.15) is 13.2 Å². The molecule has 0 saturated carbocycles. The topological polar surface area (TPSA) is 52.7 Å². The lowest BCUT2D eigenvalue weighted by atomic mass is 10.2. The van der Waals surface area contributed by atoms with E-state index < -0.39 is 17.4 Å². The van der Waals surface area contributed by atoms with Gasteiger partial charge in [-0.25, -0.2) is 9.97 Å². The maximum atomic E-state index is 13.2. The van der Waals surface area contributed by atoms with Crippen LogP contribution in [0.5, 0.6) is 0 Å². The Labute approximate surface area is 149 Å². The summed E-state index contributed by atoms with van der Waals surface area (Å²) in [6, 6.07) is 8.46. The van der Waals surface area contributed by atoms with Gasteiger partial charge in [-0.15, -0.1) is 0 Å². The summed E-state index contributed by atoms with van der Waals surface area (Å²) in [6.45, 7) is 0. The molecule has 1 aromatic carbocycles. The van der Waals surface area contributed by atoms with Crippen molar-refractivity contribution in [1.29, 1.82) is 0 Å². The number of halogens is 4. The van der Waals surface area contributed by atoms with Gasteiger partial charge in [0.05, 0.1) is 17.5 Å². The maximum absolute atomic E-state index is 13.2. The van der Waals surface area contributed by atoms with E-state index in [1.165, 1.54) is 18.5 Å². The molecule has 3 heterocycles. The summed E-state index contributed by atoms with van der Waals surface area (Å²) in [7, 11) is 1.66. The zero-order valence-electron chi connectivity index (χ0n) is 13.3. The second kappa shape index (κ2) is 5.57. The van der Waals surface area contributed by atoms with E-state index in [0.29, 0.717) is 21.6 Å². The molecule has 0 amide bonds. The fraction of sp³-hybridized carbons (Fsp3) is 0.118. The molecule has 0 atom stereocenters. The van der Waals surface area contributed by atoms with E-state index in [-0.39, 0.29) is 11.2 Å². The first-order valence-electron chi connectivity index (χ1n) is 7.47. The van der Waals surface area contributed by atoms with Crippen molar-refractivity contribution >= 4 is 33.7 Å². The Bertz CT molecular complexity index is 1230. The van der Waals surface area contributed by atoms with Gasteiger partial charge in [0.2, 0.25) is 0 Å². The van der Waals surface area contributed by atoms with Crippen molar-refractivity contribution in [3.05, 3.63) is 63.8 Å². The van der Waals surface area contributed by atoms with Gasteiger partial charge in [0.1, 0.15) is 11.3 Å². The Balaban J connectivity index is 2.23. The number of pyridine rings is 2. The minimum absolute atomic E-state index is 0.108. The summed E-state index contributed by atoms with van der Waals surface area (Å²) in [6.07, 6.45) is -3.20. The second-order valence-corrected chi connectivity index (χ2v) is 6.17. The molecule has 132 valence electrons. The third kappa shape index (κ3) is 2.45. The number of rotatable bonds is 1. The van der Waals surface area contributed by atoms with Gasteiger partial charge in [0.25, 0.3) is 5.56 Å². The lowest BCUT2D eigenvalue weighted by molar-refractivity contribution is -0.141. The first-order valence-corrected chi connectivity index (χ1v) is 7.85. The predicted molar refractivity (Wildman–Crippen MR) is 91.6 cm³/mol. The van der Waals surface area contributed by atoms with Crippen LogP contribution in [0.2, 0.25) is 5.02 Å². The van der Waals surface area contributed by atoms with Crippen molar-refractivity contribution in [2.45, 2.75) is 6.18 Å². The lowest BCUT2D eigenvalue weighted by Gasteiger charge is -2.13. The standard InChI is InChI=1S/C17H10ClF3N4O/c1-24-8-22-13-14(24)11-5-6-12(17(19,20)21)23-15(11)25(16(13)26)10-4-2-3-9(18)7-10/h2-8H,1H3. The molecule has 0 spiro atoms. The molecule has 4 rings (SSSR count). The Morgan fingerprint density at radius 2 is 1.92 bits per heavy atom. The lowest BCUT2D eigenvalue weighted by Crippen LogP contribution is -2.21. The van der Waals surface area contributed by atoms with Gasteiger partial charge in [0, 0.05) is 17.5 Å². The summed E-state index contributed by atoms with van der Waals surface area (Å²) in [5.41, 5.74) is -0.884. The molecule has 0 aliphatic rings. The largest absolute Gasteiger partial charge is 0.433 e. The van der Waals surface area contributed by atoms with Crippen LogP contribution in [0.4, 0.5) is 13.2 Å². The fourth-order valence-electron chi connectivity index (χ4n) is 2.92. The second-order valence-electron chi connectivity index (χ2n) is 5.74. The van der Waals surface area contributed by atoms with E-state index in [1.807, 2.05) is 0 Å². The Morgan fingerprint density at radius 1 is 1.15 bits per heavy atom. The van der Waals surface area contributed by atoms with Gasteiger partial charge in [-0.1, -0.05) is 17.7 Å². The number of imidazole rings is 1. The van der Waals surface area contributed by atoms with Crippen molar-refractivity contribution in [3.8, 4) is 5.69 Å². The number of fused-ring (bicyclic) bond motifs is 3. The molecular formula is C17H10ClF3N4O. The predicted octanol–water partition coefficient (Wildman–Crippen LogP) is 3.94. The van der Waals surface area contributed by atoms with Gasteiger partial charge in [-0.05, 0) is 30.3 Å². The van der Waals surface area contributed by atoms with Gasteiger partial charge >= 0.3 is 6.18 Å². The van der Waals surface area contributed by atoms with Crippen LogP contribution in [-0.2, 0) is 13.2 Å². The quantitative estimate of drug-likeness (QED) is 0.504. The summed E-state index contributed by atoms with van der Waals surface area (Å²) >= 11 is 5.99. The third-order valence-corrected chi connectivity index (χ3v) is 4.28. The third-order valence-electron chi connectivity index (χ3n) is 4.04. The maximum Gasteiger partial charge on any atom is 0.433 e. The van der Waals surface area contributed by atoms with Crippen molar-refractivity contribution in [1.82, 2.24) is 19.1 Å². The summed E-state index contributed by atoms with van der Waals surface area (Å²) < 4.78 is 42.2. The van der Waals surface area contributed by atoms with Crippen LogP contribution in [0.15, 0.2) is 47.5 Å². The molecule has 0 unspecified atom stereocenters. The van der Waals surface area contributed by atoms with Crippen LogP contribution < -0.4 is 5.56 Å². The van der Waals surface area contributed by atoms with E-state index in [0.717, 1.165) is 10.6 Å². The molecule has 5 nitrogen and oxygen atoms in total. The van der Waals surface area contributed by atoms with Crippen molar-refractivity contribution in [3.63, 3.8) is 0 Å². The molecule has 0 bridgehead atoms. The van der Waals surface area contributed by atoms with E-state index in [9.17, 15) is 18.0 Å². The van der Waals surface area contributed by atoms with Crippen LogP contribution in [-0.4, -0.2) is 19.1 Å². The zero-order valence-corrected chi connectivity index (χ0v) is 14.0. The average molecular weight is 379 g/mol. The summed E-state index contributed by atoms with van der Waals surface area (Å²) in [5.74, 6) is 0. The molecule has 0 saturated heterocycles. The minimum Gasteiger partial charge on any atom is -0.333 e. The van der Waals surface area contributed by atoms with Gasteiger partial charge in [0.15, 0.2) is 5.52 Å². The molecule has 0 radical (unpaired) electrons. The van der Waals surface area contributed by atoms with E-state index in [2.05, 4.69) is 9.97 Å². The number of aryl methyl sites for hydroxylation is 1. The monoisotopic (exact) mass is 378 g/mol. The Morgan fingerprint density at radius 3 is 2.62 bits per heavy atom. The van der Waals surface area contributed by atoms with E-state index >= 15 is 0 Å². The average Bonchev–Trinajstić information content (AvgIpc) is 2.96. The number of hydrogen-bond donors (Lipinski definition) is 0. The van der Waals surface area contributed by atoms with E-state index in [4.69, 9.17) is 11.6 Å². The Kier molecular flexibility index (Phi) is 3.55. The molecule has 9 heteroatoms. The molecule has 0 fully saturated rings. The number of aromatic nitrogens is 4. The molecule has 0 aliphatic heterocycles. The smallest absolute Gasteiger partial charge is 0.333 e. The first kappa shape index (κ1) is 16.6. The van der Waals surface area contributed by atoms with Crippen LogP contribution in [0.1, 0.15) is 5.69 Å². The van der Waals surface area contributed by atoms with Crippen molar-refractivity contribution in [2.24, 2.45) is 7.05 Å². The molecule has 4 aromatic rings. The number of hydrogen-bond acceptors (Lipinski definition) is 3. The molecule has 0 aliphatic carbocycles. The molecule has 26 heavy (non-hydrogen) atoms.